The fourth-order valence-corrected chi connectivity index (χ4v) is 3.06. The summed E-state index contributed by atoms with van der Waals surface area (Å²) in [6, 6.07) is 6.44. The van der Waals surface area contributed by atoms with Crippen LogP contribution in [-0.2, 0) is 11.3 Å². The Hall–Kier alpha value is -1.66. The summed E-state index contributed by atoms with van der Waals surface area (Å²) in [5.41, 5.74) is 0.866. The molecule has 0 bridgehead atoms. The normalized spacial score (nSPS) is 24.8. The number of carbonyl (C=O) groups excluding carboxylic acids is 1. The summed E-state index contributed by atoms with van der Waals surface area (Å²) < 4.78 is 18.6. The third-order valence-electron chi connectivity index (χ3n) is 4.32. The molecule has 0 spiro atoms. The first-order valence-corrected chi connectivity index (χ1v) is 7.82. The minimum absolute atomic E-state index is 0.0610. The molecule has 6 heteroatoms. The topological polar surface area (TPSA) is 53.6 Å². The molecular formula is C16H22FN3O2. The number of amides is 2. The average Bonchev–Trinajstić information content (AvgIpc) is 3.00. The molecule has 0 saturated carbocycles. The van der Waals surface area contributed by atoms with Gasteiger partial charge in [-0.1, -0.05) is 12.1 Å². The molecule has 5 nitrogen and oxygen atoms in total. The predicted octanol–water partition coefficient (Wildman–Crippen LogP) is 1.49. The highest BCUT2D eigenvalue weighted by Crippen LogP contribution is 2.22. The van der Waals surface area contributed by atoms with Gasteiger partial charge in [0.15, 0.2) is 0 Å². The number of halogens is 1. The second-order valence-electron chi connectivity index (χ2n) is 5.94. The number of hydrogen-bond acceptors (Lipinski definition) is 3. The summed E-state index contributed by atoms with van der Waals surface area (Å²) in [4.78, 5) is 14.2. The Morgan fingerprint density at radius 2 is 2.14 bits per heavy atom. The van der Waals surface area contributed by atoms with E-state index in [1.54, 1.807) is 12.1 Å². The van der Waals surface area contributed by atoms with Crippen molar-refractivity contribution in [3.05, 3.63) is 35.6 Å². The molecule has 2 heterocycles. The van der Waals surface area contributed by atoms with Gasteiger partial charge in [0.05, 0.1) is 12.7 Å². The van der Waals surface area contributed by atoms with Gasteiger partial charge < -0.3 is 15.4 Å². The highest BCUT2D eigenvalue weighted by molar-refractivity contribution is 5.73. The van der Waals surface area contributed by atoms with Crippen LogP contribution in [0.25, 0.3) is 0 Å². The van der Waals surface area contributed by atoms with Gasteiger partial charge in [-0.15, -0.1) is 0 Å². The fraction of sp³-hybridized carbons (Fsp3) is 0.562. The highest BCUT2D eigenvalue weighted by atomic mass is 19.1. The maximum Gasteiger partial charge on any atom is 0.315 e. The van der Waals surface area contributed by atoms with Crippen molar-refractivity contribution < 1.29 is 13.9 Å². The molecule has 0 radical (unpaired) electrons. The average molecular weight is 307 g/mol. The molecule has 2 amide bonds. The van der Waals surface area contributed by atoms with E-state index in [9.17, 15) is 9.18 Å². The van der Waals surface area contributed by atoms with Crippen molar-refractivity contribution in [3.63, 3.8) is 0 Å². The number of nitrogens with one attached hydrogen (secondary N) is 2. The lowest BCUT2D eigenvalue weighted by Gasteiger charge is -2.35. The molecule has 2 N–H and O–H groups in total. The van der Waals surface area contributed by atoms with Gasteiger partial charge in [0.2, 0.25) is 0 Å². The van der Waals surface area contributed by atoms with Gasteiger partial charge in [-0.05, 0) is 37.1 Å². The molecule has 0 aromatic heterocycles. The van der Waals surface area contributed by atoms with E-state index in [0.29, 0.717) is 19.1 Å². The molecule has 3 rings (SSSR count). The molecule has 120 valence electrons. The summed E-state index contributed by atoms with van der Waals surface area (Å²) in [5.74, 6) is -0.275. The SMILES string of the molecule is O=C(NCc1ccc(F)cc1)NC[C@@H]1CN2CCC[C@@H]2CO1. The van der Waals surface area contributed by atoms with Crippen LogP contribution in [0.2, 0.25) is 0 Å². The second-order valence-corrected chi connectivity index (χ2v) is 5.94. The first-order valence-electron chi connectivity index (χ1n) is 7.82. The first-order chi connectivity index (χ1) is 10.7. The number of benzene rings is 1. The molecule has 2 fully saturated rings. The maximum atomic E-state index is 12.8. The third kappa shape index (κ3) is 3.96. The zero-order valence-corrected chi connectivity index (χ0v) is 12.6. The molecule has 2 aliphatic heterocycles. The lowest BCUT2D eigenvalue weighted by atomic mass is 10.2. The van der Waals surface area contributed by atoms with E-state index in [4.69, 9.17) is 4.74 Å². The predicted molar refractivity (Wildman–Crippen MR) is 81.0 cm³/mol. The van der Waals surface area contributed by atoms with E-state index < -0.39 is 0 Å². The highest BCUT2D eigenvalue weighted by Gasteiger charge is 2.32. The van der Waals surface area contributed by atoms with E-state index in [2.05, 4.69) is 15.5 Å². The van der Waals surface area contributed by atoms with Crippen molar-refractivity contribution in [2.45, 2.75) is 31.5 Å². The van der Waals surface area contributed by atoms with Crippen LogP contribution in [-0.4, -0.2) is 49.3 Å². The van der Waals surface area contributed by atoms with Gasteiger partial charge in [-0.25, -0.2) is 9.18 Å². The van der Waals surface area contributed by atoms with E-state index in [-0.39, 0.29) is 18.0 Å². The van der Waals surface area contributed by atoms with Crippen molar-refractivity contribution in [1.29, 1.82) is 0 Å². The molecule has 0 unspecified atom stereocenters. The number of rotatable bonds is 4. The number of nitrogens with zero attached hydrogens (tertiary/aromatic N) is 1. The van der Waals surface area contributed by atoms with E-state index in [1.807, 2.05) is 0 Å². The largest absolute Gasteiger partial charge is 0.373 e. The van der Waals surface area contributed by atoms with E-state index in [1.165, 1.54) is 25.0 Å². The molecule has 1 aromatic rings. The Morgan fingerprint density at radius 3 is 2.95 bits per heavy atom. The van der Waals surface area contributed by atoms with E-state index in [0.717, 1.165) is 25.3 Å². The molecule has 2 aliphatic rings. The Bertz CT molecular complexity index is 509. The summed E-state index contributed by atoms with van der Waals surface area (Å²) in [6.45, 7) is 3.69. The van der Waals surface area contributed by atoms with Crippen LogP contribution < -0.4 is 10.6 Å². The van der Waals surface area contributed by atoms with Crippen molar-refractivity contribution in [2.75, 3.05) is 26.2 Å². The van der Waals surface area contributed by atoms with Crippen LogP contribution in [0.1, 0.15) is 18.4 Å². The minimum atomic E-state index is -0.275. The number of fused-ring (bicyclic) bond motifs is 1. The molecule has 1 aromatic carbocycles. The van der Waals surface area contributed by atoms with Crippen LogP contribution in [0.3, 0.4) is 0 Å². The number of urea groups is 1. The quantitative estimate of drug-likeness (QED) is 0.886. The fourth-order valence-electron chi connectivity index (χ4n) is 3.06. The van der Waals surface area contributed by atoms with E-state index >= 15 is 0 Å². The molecule has 0 aliphatic carbocycles. The van der Waals surface area contributed by atoms with Gasteiger partial charge in [-0.2, -0.15) is 0 Å². The number of carbonyl (C=O) groups is 1. The summed E-state index contributed by atoms with van der Waals surface area (Å²) in [6.07, 6.45) is 2.52. The van der Waals surface area contributed by atoms with Crippen LogP contribution in [0.4, 0.5) is 9.18 Å². The van der Waals surface area contributed by atoms with Crippen LogP contribution in [0.15, 0.2) is 24.3 Å². The summed E-state index contributed by atoms with van der Waals surface area (Å²) >= 11 is 0. The number of hydrogen-bond donors (Lipinski definition) is 2. The Kier molecular flexibility index (Phi) is 4.90. The van der Waals surface area contributed by atoms with Crippen molar-refractivity contribution in [1.82, 2.24) is 15.5 Å². The third-order valence-corrected chi connectivity index (χ3v) is 4.32. The van der Waals surface area contributed by atoms with Crippen molar-refractivity contribution >= 4 is 6.03 Å². The van der Waals surface area contributed by atoms with Gasteiger partial charge in [-0.3, -0.25) is 4.90 Å². The number of morpholine rings is 1. The van der Waals surface area contributed by atoms with Crippen LogP contribution >= 0.6 is 0 Å². The van der Waals surface area contributed by atoms with Gasteiger partial charge >= 0.3 is 6.03 Å². The first kappa shape index (κ1) is 15.2. The lowest BCUT2D eigenvalue weighted by molar-refractivity contribution is -0.0457. The van der Waals surface area contributed by atoms with Crippen molar-refractivity contribution in [3.8, 4) is 0 Å². The van der Waals surface area contributed by atoms with Crippen molar-refractivity contribution in [2.24, 2.45) is 0 Å². The molecule has 2 atom stereocenters. The zero-order valence-electron chi connectivity index (χ0n) is 12.6. The second kappa shape index (κ2) is 7.07. The smallest absolute Gasteiger partial charge is 0.315 e. The zero-order chi connectivity index (χ0) is 15.4. The Morgan fingerprint density at radius 1 is 1.32 bits per heavy atom. The Labute approximate surface area is 129 Å². The van der Waals surface area contributed by atoms with Gasteiger partial charge in [0.25, 0.3) is 0 Å². The monoisotopic (exact) mass is 307 g/mol. The van der Waals surface area contributed by atoms with Gasteiger partial charge in [0.1, 0.15) is 5.82 Å². The summed E-state index contributed by atoms with van der Waals surface area (Å²) in [5, 5.41) is 5.60. The standard InChI is InChI=1S/C16H22FN3O2/c17-13-5-3-12(4-6-13)8-18-16(21)19-9-15-10-20-7-1-2-14(20)11-22-15/h3-6,14-15H,1-2,7-11H2,(H2,18,19,21)/t14-,15-/m1/s1. The number of ether oxygens (including phenoxy) is 1. The Balaban J connectivity index is 1.36. The minimum Gasteiger partial charge on any atom is -0.373 e. The van der Waals surface area contributed by atoms with Crippen LogP contribution in [0.5, 0.6) is 0 Å². The molecular weight excluding hydrogens is 285 g/mol. The van der Waals surface area contributed by atoms with Crippen LogP contribution in [0, 0.1) is 5.82 Å². The van der Waals surface area contributed by atoms with Gasteiger partial charge in [0, 0.05) is 25.7 Å². The maximum absolute atomic E-state index is 12.8. The summed E-state index contributed by atoms with van der Waals surface area (Å²) in [7, 11) is 0. The molecule has 22 heavy (non-hydrogen) atoms. The molecule has 2 saturated heterocycles. The lowest BCUT2D eigenvalue weighted by Crippen LogP contribution is -2.51.